The van der Waals surface area contributed by atoms with Crippen LogP contribution in [0, 0.1) is 0 Å². The molecular formula is C34H48O19. The van der Waals surface area contributed by atoms with Crippen molar-refractivity contribution in [3.63, 3.8) is 0 Å². The van der Waals surface area contributed by atoms with Crippen molar-refractivity contribution in [3.8, 4) is 0 Å². The molecule has 4 unspecified atom stereocenters. The van der Waals surface area contributed by atoms with Gasteiger partial charge in [-0.05, 0) is 27.7 Å². The molecule has 19 heteroatoms. The summed E-state index contributed by atoms with van der Waals surface area (Å²) in [4.78, 5) is 86.3. The van der Waals surface area contributed by atoms with Gasteiger partial charge in [0.2, 0.25) is 0 Å². The maximum absolute atomic E-state index is 13.6. The summed E-state index contributed by atoms with van der Waals surface area (Å²) < 4.78 is 39.8. The number of esters is 7. The second-order valence-corrected chi connectivity index (χ2v) is 11.8. The Labute approximate surface area is 305 Å². The summed E-state index contributed by atoms with van der Waals surface area (Å²) in [6.07, 6.45) is -8.80. The molecule has 0 heterocycles. The van der Waals surface area contributed by atoms with Gasteiger partial charge in [-0.15, -0.1) is 0 Å². The molecule has 0 bridgehead atoms. The monoisotopic (exact) mass is 760 g/mol. The first-order valence-corrected chi connectivity index (χ1v) is 15.7. The highest BCUT2D eigenvalue weighted by molar-refractivity contribution is 5.91. The van der Waals surface area contributed by atoms with E-state index in [-0.39, 0.29) is 22.3 Å². The number of hydrogen-bond acceptors (Lipinski definition) is 19. The number of carbonyl (C=O) groups is 7. The summed E-state index contributed by atoms with van der Waals surface area (Å²) in [6.45, 7) is 12.9. The number of aliphatic hydroxyl groups is 4. The van der Waals surface area contributed by atoms with Crippen LogP contribution in [0.4, 0.5) is 0 Å². The highest BCUT2D eigenvalue weighted by Crippen LogP contribution is 2.26. The summed E-state index contributed by atoms with van der Waals surface area (Å²) >= 11 is 0. The van der Waals surface area contributed by atoms with Crippen LogP contribution in [0.15, 0.2) is 48.6 Å². The molecule has 298 valence electrons. The summed E-state index contributed by atoms with van der Waals surface area (Å²) in [5.74, 6) is -7.58. The Hall–Kier alpha value is -4.95. The molecule has 0 aliphatic rings. The number of rotatable bonds is 26. The molecule has 4 atom stereocenters. The number of carbonyl (C=O) groups excluding carboxylic acids is 7. The van der Waals surface area contributed by atoms with Gasteiger partial charge in [-0.2, -0.15) is 0 Å². The van der Waals surface area contributed by atoms with Gasteiger partial charge in [0.1, 0.15) is 70.7 Å². The van der Waals surface area contributed by atoms with Crippen LogP contribution < -0.4 is 0 Å². The zero-order chi connectivity index (χ0) is 40.9. The van der Waals surface area contributed by atoms with Crippen LogP contribution in [0.3, 0.4) is 0 Å². The number of ether oxygens (including phenoxy) is 8. The lowest BCUT2D eigenvalue weighted by molar-refractivity contribution is -0.193. The van der Waals surface area contributed by atoms with Gasteiger partial charge in [0.05, 0.1) is 19.4 Å². The average molecular weight is 761 g/mol. The van der Waals surface area contributed by atoms with Crippen LogP contribution in [0.25, 0.3) is 0 Å². The Morgan fingerprint density at radius 3 is 0.962 bits per heavy atom. The van der Waals surface area contributed by atoms with Crippen molar-refractivity contribution in [1.82, 2.24) is 0 Å². The van der Waals surface area contributed by atoms with E-state index in [1.165, 1.54) is 27.7 Å². The molecule has 0 aromatic rings. The normalized spacial score (nSPS) is 14.0. The lowest BCUT2D eigenvalue weighted by atomic mass is 9.94. The smallest absolute Gasteiger partial charge is 0.339 e. The Bertz CT molecular complexity index is 1310. The van der Waals surface area contributed by atoms with Gasteiger partial charge in [0.15, 0.2) is 5.60 Å². The fraction of sp³-hybridized carbons (Fsp3) is 0.559. The van der Waals surface area contributed by atoms with Gasteiger partial charge in [0, 0.05) is 22.3 Å². The summed E-state index contributed by atoms with van der Waals surface area (Å²) in [7, 11) is 0. The first-order chi connectivity index (χ1) is 24.6. The van der Waals surface area contributed by atoms with Crippen molar-refractivity contribution >= 4 is 41.8 Å². The fourth-order valence-corrected chi connectivity index (χ4v) is 3.25. The van der Waals surface area contributed by atoms with E-state index in [1.807, 2.05) is 0 Å². The minimum absolute atomic E-state index is 0.00400. The van der Waals surface area contributed by atoms with Gasteiger partial charge in [0.25, 0.3) is 0 Å². The molecule has 53 heavy (non-hydrogen) atoms. The minimum atomic E-state index is -2.74. The number of hydrogen-bond donors (Lipinski definition) is 4. The predicted molar refractivity (Wildman–Crippen MR) is 178 cm³/mol. The van der Waals surface area contributed by atoms with Crippen LogP contribution in [0.1, 0.15) is 40.5 Å². The van der Waals surface area contributed by atoms with Crippen molar-refractivity contribution < 1.29 is 91.9 Å². The van der Waals surface area contributed by atoms with Crippen LogP contribution in [-0.4, -0.2) is 145 Å². The molecule has 0 aliphatic carbocycles. The second kappa shape index (κ2) is 24.3. The Morgan fingerprint density at radius 2 is 0.679 bits per heavy atom. The van der Waals surface area contributed by atoms with Crippen molar-refractivity contribution in [2.75, 3.05) is 52.9 Å². The predicted octanol–water partition coefficient (Wildman–Crippen LogP) is -0.928. The molecule has 19 nitrogen and oxygen atoms in total. The molecule has 0 saturated carbocycles. The highest BCUT2D eigenvalue weighted by Gasteiger charge is 2.47. The molecule has 0 radical (unpaired) electrons. The maximum atomic E-state index is 13.6. The highest BCUT2D eigenvalue weighted by atomic mass is 16.6. The summed E-state index contributed by atoms with van der Waals surface area (Å²) in [5, 5.41) is 40.9. The van der Waals surface area contributed by atoms with E-state index in [4.69, 9.17) is 37.9 Å². The SMILES string of the molecule is C=C(C)C(=O)OCC(O)COC(=O)CC(CC(=O)OCC(O)COC(=O)C(=C)C)(OCC(O)COC(=O)C(=C)C)C(=O)OCC(O)COC(=O)C(=C)C. The first-order valence-electron chi connectivity index (χ1n) is 15.7. The molecule has 0 fully saturated rings. The van der Waals surface area contributed by atoms with E-state index in [2.05, 4.69) is 26.3 Å². The lowest BCUT2D eigenvalue weighted by Crippen LogP contribution is -2.50. The standard InChI is InChI=1S/C34H48O19/c1-19(2)29(41)48-13-23(35)11-46-27(39)9-34(53-18-26(38)16-51-32(44)22(7)8,33(45)52-17-25(37)15-50-31(43)21(5)6)10-28(40)47-12-24(36)14-49-30(42)20(3)4/h23-26,35-38H,1,3,5,7,9-18H2,2,4,6,8H3. The Balaban J connectivity index is 6.26. The van der Waals surface area contributed by atoms with Crippen molar-refractivity contribution in [3.05, 3.63) is 48.6 Å². The molecule has 0 rings (SSSR count). The Kier molecular flexibility index (Phi) is 22.0. The largest absolute Gasteiger partial charge is 0.463 e. The van der Waals surface area contributed by atoms with E-state index in [0.29, 0.717) is 0 Å². The lowest BCUT2D eigenvalue weighted by Gasteiger charge is -2.31. The third-order valence-electron chi connectivity index (χ3n) is 6.09. The molecule has 0 amide bonds. The minimum Gasteiger partial charge on any atom is -0.463 e. The van der Waals surface area contributed by atoms with E-state index < -0.39 is 137 Å². The average Bonchev–Trinajstić information content (AvgIpc) is 3.09. The molecule has 0 aromatic carbocycles. The second-order valence-electron chi connectivity index (χ2n) is 11.8. The Morgan fingerprint density at radius 1 is 0.434 bits per heavy atom. The van der Waals surface area contributed by atoms with E-state index in [1.54, 1.807) is 0 Å². The molecule has 0 spiro atoms. The van der Waals surface area contributed by atoms with Gasteiger partial charge in [-0.3, -0.25) is 9.59 Å². The van der Waals surface area contributed by atoms with E-state index >= 15 is 0 Å². The fourth-order valence-electron chi connectivity index (χ4n) is 3.25. The van der Waals surface area contributed by atoms with E-state index in [9.17, 15) is 54.0 Å². The molecule has 4 N–H and O–H groups in total. The van der Waals surface area contributed by atoms with Crippen molar-refractivity contribution in [2.45, 2.75) is 70.6 Å². The van der Waals surface area contributed by atoms with Crippen molar-refractivity contribution in [1.29, 1.82) is 0 Å². The van der Waals surface area contributed by atoms with Crippen LogP contribution >= 0.6 is 0 Å². The summed E-state index contributed by atoms with van der Waals surface area (Å²) in [6, 6.07) is 0. The molecule has 0 saturated heterocycles. The topological polar surface area (TPSA) is 274 Å². The van der Waals surface area contributed by atoms with Gasteiger partial charge < -0.3 is 58.3 Å². The van der Waals surface area contributed by atoms with Gasteiger partial charge in [-0.25, -0.2) is 24.0 Å². The third kappa shape index (κ3) is 20.6. The zero-order valence-corrected chi connectivity index (χ0v) is 30.1. The van der Waals surface area contributed by atoms with Crippen LogP contribution in [0.2, 0.25) is 0 Å². The van der Waals surface area contributed by atoms with Gasteiger partial charge >= 0.3 is 41.8 Å². The van der Waals surface area contributed by atoms with Crippen molar-refractivity contribution in [2.24, 2.45) is 0 Å². The first kappa shape index (κ1) is 48.0. The van der Waals surface area contributed by atoms with Crippen LogP contribution in [0.5, 0.6) is 0 Å². The molecular weight excluding hydrogens is 712 g/mol. The van der Waals surface area contributed by atoms with E-state index in [0.717, 1.165) is 0 Å². The van der Waals surface area contributed by atoms with Gasteiger partial charge in [-0.1, -0.05) is 26.3 Å². The summed E-state index contributed by atoms with van der Waals surface area (Å²) in [5.41, 5.74) is -2.70. The molecule has 0 aliphatic heterocycles. The number of aliphatic hydroxyl groups excluding tert-OH is 4. The third-order valence-corrected chi connectivity index (χ3v) is 6.09. The van der Waals surface area contributed by atoms with Crippen LogP contribution in [-0.2, 0) is 71.5 Å². The quantitative estimate of drug-likeness (QED) is 0.0471. The molecule has 0 aromatic heterocycles. The maximum Gasteiger partial charge on any atom is 0.339 e. The zero-order valence-electron chi connectivity index (χ0n) is 30.1.